The Morgan fingerprint density at radius 1 is 1.08 bits per heavy atom. The van der Waals surface area contributed by atoms with Crippen LogP contribution in [-0.2, 0) is 17.6 Å². The Hall–Kier alpha value is -2.37. The number of halogens is 3. The summed E-state index contributed by atoms with van der Waals surface area (Å²) in [5, 5.41) is 2.86. The van der Waals surface area contributed by atoms with E-state index in [0.717, 1.165) is 5.56 Å². The number of nitrogens with zero attached hydrogens (tertiary/aromatic N) is 1. The summed E-state index contributed by atoms with van der Waals surface area (Å²) in [6.07, 6.45) is -2.65. The van der Waals surface area contributed by atoms with E-state index in [1.165, 1.54) is 6.20 Å². The number of pyridine rings is 1. The molecule has 1 aromatic heterocycles. The van der Waals surface area contributed by atoms with Crippen LogP contribution < -0.4 is 5.32 Å². The topological polar surface area (TPSA) is 42.0 Å². The van der Waals surface area contributed by atoms with E-state index >= 15 is 0 Å². The van der Waals surface area contributed by atoms with Gasteiger partial charge in [-0.3, -0.25) is 9.78 Å². The third kappa shape index (κ3) is 6.95. The summed E-state index contributed by atoms with van der Waals surface area (Å²) in [5.74, 6) is -0.0840. The van der Waals surface area contributed by atoms with Crippen molar-refractivity contribution >= 4 is 5.91 Å². The lowest BCUT2D eigenvalue weighted by molar-refractivity contribution is -0.134. The van der Waals surface area contributed by atoms with E-state index in [1.807, 2.05) is 30.3 Å². The molecular weight excluding hydrogens is 329 g/mol. The molecule has 0 spiro atoms. The molecule has 0 bridgehead atoms. The Labute approximate surface area is 145 Å². The lowest BCUT2D eigenvalue weighted by Gasteiger charge is -2.14. The summed E-state index contributed by atoms with van der Waals surface area (Å²) in [6, 6.07) is 12.7. The van der Waals surface area contributed by atoms with Crippen LogP contribution in [0.4, 0.5) is 13.2 Å². The summed E-state index contributed by atoms with van der Waals surface area (Å²) >= 11 is 0. The van der Waals surface area contributed by atoms with Gasteiger partial charge in [-0.05, 0) is 37.0 Å². The van der Waals surface area contributed by atoms with Crippen molar-refractivity contribution in [2.45, 2.75) is 44.8 Å². The van der Waals surface area contributed by atoms with Crippen molar-refractivity contribution in [2.75, 3.05) is 0 Å². The summed E-state index contributed by atoms with van der Waals surface area (Å²) in [4.78, 5) is 16.2. The highest BCUT2D eigenvalue weighted by molar-refractivity contribution is 5.76. The van der Waals surface area contributed by atoms with Gasteiger partial charge in [0.25, 0.3) is 0 Å². The first-order valence-electron chi connectivity index (χ1n) is 8.18. The van der Waals surface area contributed by atoms with Crippen molar-refractivity contribution in [1.82, 2.24) is 10.3 Å². The third-order valence-corrected chi connectivity index (χ3v) is 3.85. The number of hydrogen-bond acceptors (Lipinski definition) is 2. The largest absolute Gasteiger partial charge is 0.389 e. The minimum Gasteiger partial charge on any atom is -0.348 e. The molecule has 1 heterocycles. The van der Waals surface area contributed by atoms with E-state index in [-0.39, 0.29) is 18.4 Å². The van der Waals surface area contributed by atoms with Crippen LogP contribution in [0.2, 0.25) is 0 Å². The molecule has 0 saturated heterocycles. The number of amides is 1. The van der Waals surface area contributed by atoms with Crippen LogP contribution in [0.1, 0.15) is 42.6 Å². The number of carbonyl (C=O) groups is 1. The van der Waals surface area contributed by atoms with Gasteiger partial charge in [0, 0.05) is 19.0 Å². The highest BCUT2D eigenvalue weighted by Crippen LogP contribution is 2.22. The maximum atomic E-state index is 12.2. The number of alkyl halides is 3. The molecular formula is C19H21F3N2O. The molecule has 0 aliphatic heterocycles. The van der Waals surface area contributed by atoms with E-state index in [4.69, 9.17) is 0 Å². The second kappa shape index (κ2) is 8.65. The Kier molecular flexibility index (Phi) is 6.56. The van der Waals surface area contributed by atoms with Crippen LogP contribution >= 0.6 is 0 Å². The summed E-state index contributed by atoms with van der Waals surface area (Å²) < 4.78 is 36.7. The van der Waals surface area contributed by atoms with Crippen molar-refractivity contribution < 1.29 is 18.0 Å². The van der Waals surface area contributed by atoms with Crippen molar-refractivity contribution in [2.24, 2.45) is 0 Å². The zero-order valence-electron chi connectivity index (χ0n) is 14.0. The molecule has 2 aromatic rings. The molecule has 1 amide bonds. The molecule has 0 aliphatic carbocycles. The molecule has 2 rings (SSSR count). The van der Waals surface area contributed by atoms with Crippen molar-refractivity contribution in [3.05, 3.63) is 65.5 Å². The zero-order chi connectivity index (χ0) is 18.3. The molecule has 0 saturated carbocycles. The fraction of sp³-hybridized carbons (Fsp3) is 0.368. The van der Waals surface area contributed by atoms with Crippen LogP contribution in [0, 0.1) is 0 Å². The van der Waals surface area contributed by atoms with E-state index in [9.17, 15) is 18.0 Å². The van der Waals surface area contributed by atoms with Gasteiger partial charge >= 0.3 is 6.18 Å². The van der Waals surface area contributed by atoms with Gasteiger partial charge in [0.1, 0.15) is 0 Å². The molecule has 0 unspecified atom stereocenters. The van der Waals surface area contributed by atoms with Gasteiger partial charge in [0.2, 0.25) is 5.91 Å². The predicted molar refractivity (Wildman–Crippen MR) is 89.9 cm³/mol. The van der Waals surface area contributed by atoms with Gasteiger partial charge in [-0.1, -0.05) is 36.4 Å². The number of rotatable bonds is 7. The molecule has 25 heavy (non-hydrogen) atoms. The molecule has 0 aliphatic rings. The number of aromatic nitrogens is 1. The van der Waals surface area contributed by atoms with Gasteiger partial charge in [0.05, 0.1) is 11.7 Å². The van der Waals surface area contributed by atoms with Crippen LogP contribution in [0.15, 0.2) is 48.7 Å². The van der Waals surface area contributed by atoms with Crippen molar-refractivity contribution in [3.8, 4) is 0 Å². The third-order valence-electron chi connectivity index (χ3n) is 3.85. The van der Waals surface area contributed by atoms with Crippen LogP contribution in [0.3, 0.4) is 0 Å². The highest BCUT2D eigenvalue weighted by Gasteiger charge is 2.26. The van der Waals surface area contributed by atoms with Gasteiger partial charge in [-0.25, -0.2) is 0 Å². The quantitative estimate of drug-likeness (QED) is 0.805. The molecule has 3 nitrogen and oxygen atoms in total. The Morgan fingerprint density at radius 3 is 2.40 bits per heavy atom. The molecule has 1 N–H and O–H groups in total. The Balaban J connectivity index is 1.81. The lowest BCUT2D eigenvalue weighted by Crippen LogP contribution is -2.27. The second-order valence-corrected chi connectivity index (χ2v) is 5.98. The van der Waals surface area contributed by atoms with Crippen molar-refractivity contribution in [1.29, 1.82) is 0 Å². The molecule has 0 fully saturated rings. The van der Waals surface area contributed by atoms with Gasteiger partial charge in [-0.2, -0.15) is 13.2 Å². The average Bonchev–Trinajstić information content (AvgIpc) is 2.59. The molecule has 1 aromatic carbocycles. The normalized spacial score (nSPS) is 12.6. The smallest absolute Gasteiger partial charge is 0.348 e. The highest BCUT2D eigenvalue weighted by atomic mass is 19.4. The first-order chi connectivity index (χ1) is 11.8. The Bertz CT molecular complexity index is 669. The Morgan fingerprint density at radius 2 is 1.80 bits per heavy atom. The van der Waals surface area contributed by atoms with E-state index in [2.05, 4.69) is 10.3 Å². The summed E-state index contributed by atoms with van der Waals surface area (Å²) in [5.41, 5.74) is 2.25. The second-order valence-electron chi connectivity index (χ2n) is 5.98. The number of carbonyl (C=O) groups excluding carboxylic acids is 1. The molecule has 6 heteroatoms. The van der Waals surface area contributed by atoms with Gasteiger partial charge in [0.15, 0.2) is 0 Å². The van der Waals surface area contributed by atoms with Crippen LogP contribution in [-0.4, -0.2) is 17.1 Å². The monoisotopic (exact) mass is 350 g/mol. The maximum Gasteiger partial charge on any atom is 0.389 e. The number of nitrogens with one attached hydrogen (secondary N) is 1. The minimum absolute atomic E-state index is 0.0840. The predicted octanol–water partition coefficient (Wildman–Crippen LogP) is 4.39. The standard InChI is InChI=1S/C19H21F3N2O/c1-14(24-18(25)10-8-15-5-3-2-4-6-15)17-9-7-16(13-23-17)11-12-19(20,21)22/h2-7,9,13-14H,8,10-12H2,1H3,(H,24,25)/t14-/m0/s1. The maximum absolute atomic E-state index is 12.2. The average molecular weight is 350 g/mol. The van der Waals surface area contributed by atoms with Crippen molar-refractivity contribution in [3.63, 3.8) is 0 Å². The number of benzene rings is 1. The summed E-state index contributed by atoms with van der Waals surface area (Å²) in [6.45, 7) is 1.80. The number of aryl methyl sites for hydroxylation is 2. The van der Waals surface area contributed by atoms with E-state index < -0.39 is 12.6 Å². The number of hydrogen-bond donors (Lipinski definition) is 1. The van der Waals surface area contributed by atoms with E-state index in [1.54, 1.807) is 19.1 Å². The summed E-state index contributed by atoms with van der Waals surface area (Å²) in [7, 11) is 0. The van der Waals surface area contributed by atoms with E-state index in [0.29, 0.717) is 24.1 Å². The molecule has 134 valence electrons. The van der Waals surface area contributed by atoms with Crippen LogP contribution in [0.5, 0.6) is 0 Å². The van der Waals surface area contributed by atoms with Crippen LogP contribution in [0.25, 0.3) is 0 Å². The SMILES string of the molecule is C[C@H](NC(=O)CCc1ccccc1)c1ccc(CCC(F)(F)F)cn1. The first-order valence-corrected chi connectivity index (χ1v) is 8.18. The lowest BCUT2D eigenvalue weighted by atomic mass is 10.1. The fourth-order valence-corrected chi connectivity index (χ4v) is 2.42. The fourth-order valence-electron chi connectivity index (χ4n) is 2.42. The molecule has 0 radical (unpaired) electrons. The van der Waals surface area contributed by atoms with Gasteiger partial charge < -0.3 is 5.32 Å². The first kappa shape index (κ1) is 19.0. The molecule has 1 atom stereocenters. The minimum atomic E-state index is -4.17. The van der Waals surface area contributed by atoms with Gasteiger partial charge in [-0.15, -0.1) is 0 Å². The zero-order valence-corrected chi connectivity index (χ0v) is 14.0.